The van der Waals surface area contributed by atoms with Crippen molar-refractivity contribution in [1.29, 1.82) is 0 Å². The van der Waals surface area contributed by atoms with Gasteiger partial charge in [-0.1, -0.05) is 35.9 Å². The summed E-state index contributed by atoms with van der Waals surface area (Å²) in [6, 6.07) is 13.1. The van der Waals surface area contributed by atoms with E-state index in [-0.39, 0.29) is 0 Å². The van der Waals surface area contributed by atoms with Crippen LogP contribution in [0.15, 0.2) is 54.9 Å². The molecule has 0 aliphatic carbocycles. The van der Waals surface area contributed by atoms with Gasteiger partial charge in [0.05, 0.1) is 11.9 Å². The summed E-state index contributed by atoms with van der Waals surface area (Å²) in [6.07, 6.45) is 3.22. The Bertz CT molecular complexity index is 743. The number of rotatable bonds is 2. The van der Waals surface area contributed by atoms with Gasteiger partial charge in [0.2, 0.25) is 0 Å². The molecule has 4 heteroatoms. The smallest absolute Gasteiger partial charge is 0.168 e. The predicted octanol–water partition coefficient (Wildman–Crippen LogP) is 4.26. The van der Waals surface area contributed by atoms with Gasteiger partial charge in [0, 0.05) is 22.0 Å². The number of nitrogens with zero attached hydrogens (tertiary/aromatic N) is 1. The molecule has 0 aliphatic rings. The van der Waals surface area contributed by atoms with Crippen molar-refractivity contribution in [3.05, 3.63) is 59.9 Å². The number of halogens is 1. The van der Waals surface area contributed by atoms with E-state index >= 15 is 0 Å². The van der Waals surface area contributed by atoms with Gasteiger partial charge in [-0.3, -0.25) is 4.98 Å². The number of ether oxygens (including phenoxy) is 1. The summed E-state index contributed by atoms with van der Waals surface area (Å²) in [5.41, 5.74) is 6.40. The maximum atomic E-state index is 6.17. The standard InChI is InChI=1S/C15H11ClN2O/c16-12-5-6-14(11-4-2-1-3-10(11)12)19-15-9-18-8-7-13(15)17/h1-9H,(H2,17,18). The topological polar surface area (TPSA) is 48.1 Å². The zero-order valence-electron chi connectivity index (χ0n) is 10.0. The van der Waals surface area contributed by atoms with Crippen molar-refractivity contribution >= 4 is 28.1 Å². The molecular weight excluding hydrogens is 260 g/mol. The van der Waals surface area contributed by atoms with Gasteiger partial charge in [-0.25, -0.2) is 0 Å². The van der Waals surface area contributed by atoms with Gasteiger partial charge < -0.3 is 10.5 Å². The molecule has 1 aromatic heterocycles. The van der Waals surface area contributed by atoms with Crippen LogP contribution in [0.3, 0.4) is 0 Å². The molecule has 0 aliphatic heterocycles. The molecule has 3 rings (SSSR count). The van der Waals surface area contributed by atoms with Crippen LogP contribution in [-0.2, 0) is 0 Å². The molecule has 0 fully saturated rings. The Kier molecular flexibility index (Phi) is 2.97. The average Bonchev–Trinajstić information content (AvgIpc) is 2.44. The monoisotopic (exact) mass is 270 g/mol. The van der Waals surface area contributed by atoms with Crippen molar-refractivity contribution in [1.82, 2.24) is 4.98 Å². The van der Waals surface area contributed by atoms with Crippen LogP contribution in [0, 0.1) is 0 Å². The zero-order chi connectivity index (χ0) is 13.2. The molecule has 0 saturated carbocycles. The normalized spacial score (nSPS) is 10.6. The minimum Gasteiger partial charge on any atom is -0.453 e. The first-order valence-corrected chi connectivity index (χ1v) is 6.18. The summed E-state index contributed by atoms with van der Waals surface area (Å²) < 4.78 is 5.83. The predicted molar refractivity (Wildman–Crippen MR) is 77.7 cm³/mol. The average molecular weight is 271 g/mol. The highest BCUT2D eigenvalue weighted by molar-refractivity contribution is 6.35. The quantitative estimate of drug-likeness (QED) is 0.757. The number of hydrogen-bond acceptors (Lipinski definition) is 3. The first kappa shape index (κ1) is 11.8. The van der Waals surface area contributed by atoms with Crippen LogP contribution in [-0.4, -0.2) is 4.98 Å². The Labute approximate surface area is 115 Å². The molecule has 19 heavy (non-hydrogen) atoms. The molecule has 3 nitrogen and oxygen atoms in total. The lowest BCUT2D eigenvalue weighted by molar-refractivity contribution is 0.488. The lowest BCUT2D eigenvalue weighted by atomic mass is 10.1. The van der Waals surface area contributed by atoms with Crippen molar-refractivity contribution in [3.8, 4) is 11.5 Å². The van der Waals surface area contributed by atoms with E-state index in [1.807, 2.05) is 36.4 Å². The van der Waals surface area contributed by atoms with E-state index in [2.05, 4.69) is 4.98 Å². The van der Waals surface area contributed by atoms with Crippen molar-refractivity contribution in [2.75, 3.05) is 5.73 Å². The van der Waals surface area contributed by atoms with Crippen molar-refractivity contribution in [2.45, 2.75) is 0 Å². The highest BCUT2D eigenvalue weighted by Crippen LogP contribution is 2.35. The van der Waals surface area contributed by atoms with Crippen LogP contribution in [0.2, 0.25) is 5.02 Å². The summed E-state index contributed by atoms with van der Waals surface area (Å²) in [4.78, 5) is 4.01. The van der Waals surface area contributed by atoms with Crippen LogP contribution in [0.4, 0.5) is 5.69 Å². The third-order valence-corrected chi connectivity index (χ3v) is 3.20. The Morgan fingerprint density at radius 3 is 2.53 bits per heavy atom. The highest BCUT2D eigenvalue weighted by atomic mass is 35.5. The van der Waals surface area contributed by atoms with Gasteiger partial charge in [0.25, 0.3) is 0 Å². The molecule has 0 bridgehead atoms. The zero-order valence-corrected chi connectivity index (χ0v) is 10.8. The third kappa shape index (κ3) is 2.20. The molecule has 0 radical (unpaired) electrons. The second kappa shape index (κ2) is 4.78. The van der Waals surface area contributed by atoms with Crippen LogP contribution in [0.5, 0.6) is 11.5 Å². The van der Waals surface area contributed by atoms with Gasteiger partial charge >= 0.3 is 0 Å². The minimum atomic E-state index is 0.537. The second-order valence-corrected chi connectivity index (χ2v) is 4.51. The van der Waals surface area contributed by atoms with E-state index in [4.69, 9.17) is 22.1 Å². The fourth-order valence-corrected chi connectivity index (χ4v) is 2.15. The molecule has 0 atom stereocenters. The molecule has 1 heterocycles. The second-order valence-electron chi connectivity index (χ2n) is 4.11. The van der Waals surface area contributed by atoms with Crippen LogP contribution < -0.4 is 10.5 Å². The van der Waals surface area contributed by atoms with Gasteiger partial charge in [0.1, 0.15) is 5.75 Å². The molecule has 0 unspecified atom stereocenters. The van der Waals surface area contributed by atoms with Gasteiger partial charge in [-0.05, 0) is 18.2 Å². The first-order valence-electron chi connectivity index (χ1n) is 5.80. The van der Waals surface area contributed by atoms with Gasteiger partial charge in [-0.15, -0.1) is 0 Å². The van der Waals surface area contributed by atoms with Crippen LogP contribution >= 0.6 is 11.6 Å². The summed E-state index contributed by atoms with van der Waals surface area (Å²) >= 11 is 6.17. The fraction of sp³-hybridized carbons (Fsp3) is 0. The molecule has 2 aromatic carbocycles. The van der Waals surface area contributed by atoms with Crippen molar-refractivity contribution in [2.24, 2.45) is 0 Å². The van der Waals surface area contributed by atoms with E-state index < -0.39 is 0 Å². The molecule has 0 saturated heterocycles. The summed E-state index contributed by atoms with van der Waals surface area (Å²) in [6.45, 7) is 0. The van der Waals surface area contributed by atoms with Gasteiger partial charge in [-0.2, -0.15) is 0 Å². The number of benzene rings is 2. The number of nitrogens with two attached hydrogens (primary N) is 1. The molecule has 94 valence electrons. The summed E-state index contributed by atoms with van der Waals surface area (Å²) in [5.74, 6) is 1.25. The lowest BCUT2D eigenvalue weighted by Crippen LogP contribution is -1.93. The maximum Gasteiger partial charge on any atom is 0.168 e. The molecular formula is C15H11ClN2O. The number of nitrogen functional groups attached to an aromatic ring is 1. The first-order chi connectivity index (χ1) is 9.25. The van der Waals surface area contributed by atoms with E-state index in [9.17, 15) is 0 Å². The summed E-state index contributed by atoms with van der Waals surface area (Å²) in [7, 11) is 0. The van der Waals surface area contributed by atoms with Crippen LogP contribution in [0.25, 0.3) is 10.8 Å². The molecule has 2 N–H and O–H groups in total. The minimum absolute atomic E-state index is 0.537. The lowest BCUT2D eigenvalue weighted by Gasteiger charge is -2.11. The highest BCUT2D eigenvalue weighted by Gasteiger charge is 2.08. The largest absolute Gasteiger partial charge is 0.453 e. The van der Waals surface area contributed by atoms with Crippen molar-refractivity contribution < 1.29 is 4.74 Å². The SMILES string of the molecule is Nc1ccncc1Oc1ccc(Cl)c2ccccc12. The number of fused-ring (bicyclic) bond motifs is 1. The number of aromatic nitrogens is 1. The number of pyridine rings is 1. The Balaban J connectivity index is 2.12. The molecule has 3 aromatic rings. The van der Waals surface area contributed by atoms with Gasteiger partial charge in [0.15, 0.2) is 5.75 Å². The van der Waals surface area contributed by atoms with E-state index in [1.54, 1.807) is 18.5 Å². The Morgan fingerprint density at radius 2 is 1.74 bits per heavy atom. The third-order valence-electron chi connectivity index (χ3n) is 2.87. The van der Waals surface area contributed by atoms with E-state index in [0.29, 0.717) is 22.2 Å². The number of hydrogen-bond donors (Lipinski definition) is 1. The fourth-order valence-electron chi connectivity index (χ4n) is 1.92. The molecule has 0 amide bonds. The van der Waals surface area contributed by atoms with Crippen LogP contribution in [0.1, 0.15) is 0 Å². The van der Waals surface area contributed by atoms with E-state index in [0.717, 1.165) is 10.8 Å². The number of anilines is 1. The Hall–Kier alpha value is -2.26. The molecule has 0 spiro atoms. The Morgan fingerprint density at radius 1 is 0.947 bits per heavy atom. The maximum absolute atomic E-state index is 6.17. The summed E-state index contributed by atoms with van der Waals surface area (Å²) in [5, 5.41) is 2.59. The van der Waals surface area contributed by atoms with E-state index in [1.165, 1.54) is 0 Å². The van der Waals surface area contributed by atoms with Crippen molar-refractivity contribution in [3.63, 3.8) is 0 Å².